The standard InChI is InChI=1S/C30H39N5O2/c1-4-34(5-2)20-17-31-29(36)26-21-24(13-14-28(26)35-18-15-22(3)16-19-35)32-30(37)33-27-12-8-10-23-9-6-7-11-25(23)27/h6-14,21-22H,4-5,15-20H2,1-3H3,(H,31,36)(H2,32,33,37). The zero-order chi connectivity index (χ0) is 26.2. The molecule has 0 radical (unpaired) electrons. The smallest absolute Gasteiger partial charge is 0.323 e. The lowest BCUT2D eigenvalue weighted by Crippen LogP contribution is -2.37. The minimum absolute atomic E-state index is 0.112. The lowest BCUT2D eigenvalue weighted by molar-refractivity contribution is 0.0949. The number of amides is 3. The van der Waals surface area contributed by atoms with Gasteiger partial charge >= 0.3 is 6.03 Å². The number of rotatable bonds is 9. The highest BCUT2D eigenvalue weighted by Gasteiger charge is 2.22. The number of benzene rings is 3. The molecule has 1 saturated heterocycles. The van der Waals surface area contributed by atoms with Crippen molar-refractivity contribution in [1.82, 2.24) is 10.2 Å². The molecule has 196 valence electrons. The number of nitrogens with zero attached hydrogens (tertiary/aromatic N) is 2. The summed E-state index contributed by atoms with van der Waals surface area (Å²) in [4.78, 5) is 30.8. The van der Waals surface area contributed by atoms with Gasteiger partial charge in [0.15, 0.2) is 0 Å². The fourth-order valence-corrected chi connectivity index (χ4v) is 4.90. The number of hydrogen-bond acceptors (Lipinski definition) is 4. The van der Waals surface area contributed by atoms with Crippen LogP contribution < -0.4 is 20.9 Å². The Hall–Kier alpha value is -3.58. The molecule has 0 aromatic heterocycles. The van der Waals surface area contributed by atoms with E-state index in [1.807, 2.05) is 54.6 Å². The molecule has 3 aromatic carbocycles. The minimum Gasteiger partial charge on any atom is -0.371 e. The highest BCUT2D eigenvalue weighted by molar-refractivity contribution is 6.07. The van der Waals surface area contributed by atoms with Crippen molar-refractivity contribution in [2.24, 2.45) is 5.92 Å². The average Bonchev–Trinajstić information content (AvgIpc) is 2.92. The summed E-state index contributed by atoms with van der Waals surface area (Å²) in [6.45, 7) is 11.7. The van der Waals surface area contributed by atoms with Crippen LogP contribution in [0.3, 0.4) is 0 Å². The molecular weight excluding hydrogens is 462 g/mol. The maximum atomic E-state index is 13.3. The molecule has 0 unspecified atom stereocenters. The lowest BCUT2D eigenvalue weighted by atomic mass is 9.98. The zero-order valence-corrected chi connectivity index (χ0v) is 22.2. The van der Waals surface area contributed by atoms with E-state index in [1.54, 1.807) is 6.07 Å². The van der Waals surface area contributed by atoms with Crippen LogP contribution in [0, 0.1) is 5.92 Å². The fraction of sp³-hybridized carbons (Fsp3) is 0.400. The summed E-state index contributed by atoms with van der Waals surface area (Å²) in [7, 11) is 0. The van der Waals surface area contributed by atoms with E-state index in [-0.39, 0.29) is 11.9 Å². The maximum Gasteiger partial charge on any atom is 0.323 e. The van der Waals surface area contributed by atoms with Crippen molar-refractivity contribution in [2.45, 2.75) is 33.6 Å². The number of piperidine rings is 1. The number of nitrogens with one attached hydrogen (secondary N) is 3. The second-order valence-corrected chi connectivity index (χ2v) is 9.79. The van der Waals surface area contributed by atoms with E-state index in [2.05, 4.69) is 46.5 Å². The van der Waals surface area contributed by atoms with Gasteiger partial charge in [0.2, 0.25) is 0 Å². The van der Waals surface area contributed by atoms with E-state index in [1.165, 1.54) is 0 Å². The highest BCUT2D eigenvalue weighted by Crippen LogP contribution is 2.29. The van der Waals surface area contributed by atoms with Crippen molar-refractivity contribution in [1.29, 1.82) is 0 Å². The van der Waals surface area contributed by atoms with Gasteiger partial charge in [-0.05, 0) is 61.5 Å². The SMILES string of the molecule is CCN(CC)CCNC(=O)c1cc(NC(=O)Nc2cccc3ccccc23)ccc1N1CCC(C)CC1. The Morgan fingerprint density at radius 3 is 2.43 bits per heavy atom. The molecule has 1 aliphatic rings. The summed E-state index contributed by atoms with van der Waals surface area (Å²) in [5.41, 5.74) is 2.84. The predicted octanol–water partition coefficient (Wildman–Crippen LogP) is 5.79. The van der Waals surface area contributed by atoms with Crippen molar-refractivity contribution < 1.29 is 9.59 Å². The first-order valence-electron chi connectivity index (χ1n) is 13.4. The van der Waals surface area contributed by atoms with Crippen LogP contribution in [0.5, 0.6) is 0 Å². The monoisotopic (exact) mass is 501 g/mol. The topological polar surface area (TPSA) is 76.7 Å². The number of carbonyl (C=O) groups excluding carboxylic acids is 2. The Morgan fingerprint density at radius 2 is 1.68 bits per heavy atom. The van der Waals surface area contributed by atoms with Crippen molar-refractivity contribution in [3.05, 3.63) is 66.2 Å². The molecule has 0 aliphatic carbocycles. The first-order chi connectivity index (χ1) is 18.0. The normalized spacial score (nSPS) is 14.1. The Kier molecular flexibility index (Phi) is 9.01. The Bertz CT molecular complexity index is 1210. The largest absolute Gasteiger partial charge is 0.371 e. The quantitative estimate of drug-likeness (QED) is 0.347. The van der Waals surface area contributed by atoms with E-state index in [4.69, 9.17) is 0 Å². The van der Waals surface area contributed by atoms with E-state index in [0.29, 0.717) is 23.7 Å². The maximum absolute atomic E-state index is 13.3. The van der Waals surface area contributed by atoms with Gasteiger partial charge in [0.1, 0.15) is 0 Å². The molecule has 1 heterocycles. The van der Waals surface area contributed by atoms with Crippen LogP contribution in [0.25, 0.3) is 10.8 Å². The van der Waals surface area contributed by atoms with Gasteiger partial charge in [0, 0.05) is 42.9 Å². The van der Waals surface area contributed by atoms with Crippen LogP contribution >= 0.6 is 0 Å². The number of anilines is 3. The molecule has 3 N–H and O–H groups in total. The van der Waals surface area contributed by atoms with Crippen LogP contribution in [0.4, 0.5) is 21.9 Å². The third-order valence-electron chi connectivity index (χ3n) is 7.27. The van der Waals surface area contributed by atoms with Gasteiger partial charge in [-0.25, -0.2) is 4.79 Å². The summed E-state index contributed by atoms with van der Waals surface area (Å²) >= 11 is 0. The summed E-state index contributed by atoms with van der Waals surface area (Å²) in [5.74, 6) is 0.584. The molecule has 7 nitrogen and oxygen atoms in total. The molecule has 7 heteroatoms. The number of likely N-dealkylation sites (N-methyl/N-ethyl adjacent to an activating group) is 1. The fourth-order valence-electron chi connectivity index (χ4n) is 4.90. The van der Waals surface area contributed by atoms with Gasteiger partial charge in [-0.1, -0.05) is 57.2 Å². The Morgan fingerprint density at radius 1 is 0.946 bits per heavy atom. The second kappa shape index (κ2) is 12.6. The third-order valence-corrected chi connectivity index (χ3v) is 7.27. The molecular formula is C30H39N5O2. The molecule has 0 bridgehead atoms. The first-order valence-corrected chi connectivity index (χ1v) is 13.4. The molecule has 1 fully saturated rings. The minimum atomic E-state index is -0.344. The predicted molar refractivity (Wildman–Crippen MR) is 154 cm³/mol. The molecule has 0 spiro atoms. The van der Waals surface area contributed by atoms with Crippen molar-refractivity contribution in [2.75, 3.05) is 54.8 Å². The van der Waals surface area contributed by atoms with Gasteiger partial charge < -0.3 is 25.8 Å². The Balaban J connectivity index is 1.51. The number of hydrogen-bond donors (Lipinski definition) is 3. The molecule has 3 aromatic rings. The molecule has 1 aliphatic heterocycles. The van der Waals surface area contributed by atoms with E-state index in [9.17, 15) is 9.59 Å². The van der Waals surface area contributed by atoms with E-state index in [0.717, 1.165) is 67.7 Å². The lowest BCUT2D eigenvalue weighted by Gasteiger charge is -2.33. The molecule has 4 rings (SSSR count). The van der Waals surface area contributed by atoms with Gasteiger partial charge in [0.05, 0.1) is 11.3 Å². The molecule has 0 saturated carbocycles. The summed E-state index contributed by atoms with van der Waals surface area (Å²) in [6, 6.07) is 19.1. The Labute approximate surface area is 220 Å². The van der Waals surface area contributed by atoms with Crippen LogP contribution in [0.2, 0.25) is 0 Å². The van der Waals surface area contributed by atoms with Crippen LogP contribution in [-0.4, -0.2) is 56.1 Å². The summed E-state index contributed by atoms with van der Waals surface area (Å²) < 4.78 is 0. The van der Waals surface area contributed by atoms with Crippen molar-refractivity contribution in [3.63, 3.8) is 0 Å². The zero-order valence-electron chi connectivity index (χ0n) is 22.2. The van der Waals surface area contributed by atoms with Crippen LogP contribution in [0.15, 0.2) is 60.7 Å². The number of urea groups is 1. The number of fused-ring (bicyclic) bond motifs is 1. The van der Waals surface area contributed by atoms with Gasteiger partial charge in [-0.3, -0.25) is 4.79 Å². The van der Waals surface area contributed by atoms with Gasteiger partial charge in [0.25, 0.3) is 5.91 Å². The summed E-state index contributed by atoms with van der Waals surface area (Å²) in [6.07, 6.45) is 2.22. The number of carbonyl (C=O) groups is 2. The summed E-state index contributed by atoms with van der Waals surface area (Å²) in [5, 5.41) is 11.0. The van der Waals surface area contributed by atoms with Crippen molar-refractivity contribution >= 4 is 39.8 Å². The molecule has 37 heavy (non-hydrogen) atoms. The average molecular weight is 502 g/mol. The van der Waals surface area contributed by atoms with E-state index < -0.39 is 0 Å². The van der Waals surface area contributed by atoms with Gasteiger partial charge in [-0.2, -0.15) is 0 Å². The van der Waals surface area contributed by atoms with Crippen LogP contribution in [-0.2, 0) is 0 Å². The van der Waals surface area contributed by atoms with Crippen LogP contribution in [0.1, 0.15) is 44.0 Å². The third kappa shape index (κ3) is 6.80. The van der Waals surface area contributed by atoms with Gasteiger partial charge in [-0.15, -0.1) is 0 Å². The van der Waals surface area contributed by atoms with E-state index >= 15 is 0 Å². The molecule has 3 amide bonds. The highest BCUT2D eigenvalue weighted by atomic mass is 16.2. The first kappa shape index (κ1) is 26.5. The molecule has 0 atom stereocenters. The van der Waals surface area contributed by atoms with Crippen molar-refractivity contribution in [3.8, 4) is 0 Å². The second-order valence-electron chi connectivity index (χ2n) is 9.79.